The fraction of sp³-hybridized carbons (Fsp3) is 0.360. The van der Waals surface area contributed by atoms with E-state index in [-0.39, 0.29) is 19.4 Å². The minimum Gasteiger partial charge on any atom is -0.480 e. The first-order valence-corrected chi connectivity index (χ1v) is 17.6. The van der Waals surface area contributed by atoms with Crippen molar-refractivity contribution in [3.8, 4) is 0 Å². The molecule has 2 heterocycles. The van der Waals surface area contributed by atoms with Gasteiger partial charge in [0.05, 0.1) is 28.3 Å². The predicted octanol–water partition coefficient (Wildman–Crippen LogP) is 4.22. The molecule has 1 atom stereocenters. The van der Waals surface area contributed by atoms with Crippen LogP contribution in [-0.4, -0.2) is 68.2 Å². The number of anilines is 2. The van der Waals surface area contributed by atoms with Crippen LogP contribution in [0.1, 0.15) is 24.8 Å². The highest BCUT2D eigenvalue weighted by atomic mass is 35.5. The van der Waals surface area contributed by atoms with Crippen LogP contribution >= 0.6 is 34.7 Å². The highest BCUT2D eigenvalue weighted by molar-refractivity contribution is 8.04. The van der Waals surface area contributed by atoms with E-state index in [0.29, 0.717) is 17.3 Å². The van der Waals surface area contributed by atoms with Gasteiger partial charge in [-0.15, -0.1) is 0 Å². The van der Waals surface area contributed by atoms with Crippen LogP contribution in [0.25, 0.3) is 16.3 Å². The van der Waals surface area contributed by atoms with Crippen molar-refractivity contribution < 1.29 is 40.4 Å². The van der Waals surface area contributed by atoms with Crippen molar-refractivity contribution in [2.75, 3.05) is 34.9 Å². The zero-order chi connectivity index (χ0) is 30.1. The van der Waals surface area contributed by atoms with Crippen LogP contribution in [0.4, 0.5) is 11.4 Å². The molecular formula is C25H29ClN3O8S4+. The number of carboxylic acids is 1. The molecule has 16 heteroatoms. The van der Waals surface area contributed by atoms with E-state index in [4.69, 9.17) is 11.6 Å². The topological polar surface area (TPSA) is 156 Å². The third kappa shape index (κ3) is 7.91. The number of aryl methyl sites for hydroxylation is 1. The van der Waals surface area contributed by atoms with Crippen LogP contribution in [0.5, 0.6) is 0 Å². The summed E-state index contributed by atoms with van der Waals surface area (Å²) >= 11 is 9.18. The van der Waals surface area contributed by atoms with Crippen molar-refractivity contribution in [2.24, 2.45) is 0 Å². The van der Waals surface area contributed by atoms with Crippen molar-refractivity contribution >= 4 is 88.6 Å². The Hall–Kier alpha value is -2.40. The molecule has 41 heavy (non-hydrogen) atoms. The highest BCUT2D eigenvalue weighted by Gasteiger charge is 2.29. The van der Waals surface area contributed by atoms with Gasteiger partial charge < -0.3 is 14.9 Å². The summed E-state index contributed by atoms with van der Waals surface area (Å²) in [5.74, 6) is -1.80. The van der Waals surface area contributed by atoms with E-state index in [1.807, 2.05) is 39.8 Å². The molecule has 0 radical (unpaired) electrons. The number of halogens is 1. The number of benzene rings is 2. The number of likely N-dealkylation sites (N-methyl/N-ethyl adjacent to an activating group) is 1. The predicted molar refractivity (Wildman–Crippen MR) is 162 cm³/mol. The van der Waals surface area contributed by atoms with Gasteiger partial charge in [0, 0.05) is 41.7 Å². The van der Waals surface area contributed by atoms with E-state index in [9.17, 15) is 35.8 Å². The third-order valence-corrected chi connectivity index (χ3v) is 10.6. The first kappa shape index (κ1) is 31.5. The van der Waals surface area contributed by atoms with E-state index >= 15 is 0 Å². The van der Waals surface area contributed by atoms with E-state index < -0.39 is 43.8 Å². The van der Waals surface area contributed by atoms with Crippen LogP contribution in [0, 0.1) is 0 Å². The fourth-order valence-electron chi connectivity index (χ4n) is 4.36. The largest absolute Gasteiger partial charge is 0.480 e. The maximum absolute atomic E-state index is 11.6. The third-order valence-electron chi connectivity index (χ3n) is 6.57. The molecule has 0 fully saturated rings. The quantitative estimate of drug-likeness (QED) is 0.188. The van der Waals surface area contributed by atoms with E-state index in [1.165, 1.54) is 23.1 Å². The maximum Gasteiger partial charge on any atom is 0.326 e. The second kappa shape index (κ2) is 12.5. The van der Waals surface area contributed by atoms with Crippen LogP contribution in [0.3, 0.4) is 0 Å². The average molecular weight is 663 g/mol. The monoisotopic (exact) mass is 662 g/mol. The van der Waals surface area contributed by atoms with Gasteiger partial charge in [-0.25, -0.2) is 4.79 Å². The van der Waals surface area contributed by atoms with Gasteiger partial charge in [-0.2, -0.15) is 21.4 Å². The number of hydrogen-bond acceptors (Lipinski definition) is 9. The summed E-state index contributed by atoms with van der Waals surface area (Å²) in [7, 11) is -6.63. The number of carbonyl (C=O) groups is 1. The lowest BCUT2D eigenvalue weighted by atomic mass is 10.2. The lowest BCUT2D eigenvalue weighted by molar-refractivity contribution is -0.668. The zero-order valence-corrected chi connectivity index (χ0v) is 26.1. The Bertz CT molecular complexity index is 1720. The number of carboxylic acid groups (broad SMARTS) is 1. The molecule has 222 valence electrons. The number of rotatable bonds is 12. The van der Waals surface area contributed by atoms with Gasteiger partial charge in [-0.3, -0.25) is 9.11 Å². The van der Waals surface area contributed by atoms with Crippen LogP contribution < -0.4 is 14.4 Å². The van der Waals surface area contributed by atoms with E-state index in [2.05, 4.69) is 0 Å². The number of aromatic nitrogens is 1. The van der Waals surface area contributed by atoms with Crippen molar-refractivity contribution in [1.29, 1.82) is 0 Å². The molecule has 3 aromatic rings. The molecule has 1 aromatic heterocycles. The molecule has 0 spiro atoms. The molecule has 1 aliphatic rings. The van der Waals surface area contributed by atoms with Gasteiger partial charge >= 0.3 is 5.97 Å². The smallest absolute Gasteiger partial charge is 0.326 e. The molecule has 0 saturated heterocycles. The summed E-state index contributed by atoms with van der Waals surface area (Å²) < 4.78 is 66.9. The average Bonchev–Trinajstić information content (AvgIpc) is 3.38. The number of hydrogen-bond donors (Lipinski definition) is 3. The number of thioether (sulfide) groups is 1. The Morgan fingerprint density at radius 3 is 2.44 bits per heavy atom. The molecule has 0 aliphatic carbocycles. The first-order chi connectivity index (χ1) is 19.1. The number of nitrogens with zero attached hydrogens (tertiary/aromatic N) is 3. The molecule has 1 aliphatic heterocycles. The fourth-order valence-corrected chi connectivity index (χ4v) is 7.80. The van der Waals surface area contributed by atoms with Gasteiger partial charge in [0.15, 0.2) is 6.54 Å². The summed E-state index contributed by atoms with van der Waals surface area (Å²) in [6, 6.07) is 10.2. The molecule has 2 aromatic carbocycles. The van der Waals surface area contributed by atoms with E-state index in [0.717, 1.165) is 30.8 Å². The lowest BCUT2D eigenvalue weighted by Crippen LogP contribution is -2.37. The summed E-state index contributed by atoms with van der Waals surface area (Å²) in [5.41, 5.74) is 2.23. The normalized spacial score (nSPS) is 15.4. The standard InChI is InChI=1S/C25H28ClN3O8S4/c1-16(25(30)31)27(2)18-6-8-22-20(14-18)29(10-4-12-41(35,36)37)24(39-22)15-23-28(9-3-11-40(32,33)34)19-13-17(26)5-7-21(19)38-23/h5-8,13-16H,3-4,9-12H2,1-2H3,(H2-,30,31,32,33,34,35,36,37)/p+1. The summed E-state index contributed by atoms with van der Waals surface area (Å²) in [4.78, 5) is 16.0. The van der Waals surface area contributed by atoms with Crippen LogP contribution in [0.2, 0.25) is 5.02 Å². The molecule has 4 rings (SSSR count). The van der Waals surface area contributed by atoms with Crippen molar-refractivity contribution in [3.63, 3.8) is 0 Å². The van der Waals surface area contributed by atoms with Gasteiger partial charge in [-0.1, -0.05) is 34.7 Å². The van der Waals surface area contributed by atoms with Gasteiger partial charge in [0.2, 0.25) is 5.52 Å². The molecule has 0 amide bonds. The Morgan fingerprint density at radius 2 is 1.78 bits per heavy atom. The van der Waals surface area contributed by atoms with Crippen LogP contribution in [0.15, 0.2) is 46.3 Å². The zero-order valence-electron chi connectivity index (χ0n) is 22.1. The summed E-state index contributed by atoms with van der Waals surface area (Å²) in [6.45, 7) is 2.13. The minimum absolute atomic E-state index is 0.137. The molecule has 3 N–H and O–H groups in total. The Kier molecular flexibility index (Phi) is 9.58. The van der Waals surface area contributed by atoms with Crippen LogP contribution in [-0.2, 0) is 31.6 Å². The van der Waals surface area contributed by atoms with Gasteiger partial charge in [0.1, 0.15) is 10.7 Å². The Labute approximate surface area is 251 Å². The number of aliphatic carboxylic acids is 1. The number of fused-ring (bicyclic) bond motifs is 2. The molecule has 11 nitrogen and oxygen atoms in total. The van der Waals surface area contributed by atoms with Crippen molar-refractivity contribution in [1.82, 2.24) is 0 Å². The SMILES string of the molecule is CC(C(=O)O)N(C)c1ccc2sc(C=C3Sc4ccc(Cl)cc4N3CCCS(=O)(=O)O)[n+](CCCS(=O)(=O)O)c2c1. The highest BCUT2D eigenvalue weighted by Crippen LogP contribution is 2.48. The maximum atomic E-state index is 11.6. The van der Waals surface area contributed by atoms with Crippen molar-refractivity contribution in [2.45, 2.75) is 37.2 Å². The minimum atomic E-state index is -4.17. The molecule has 0 saturated carbocycles. The van der Waals surface area contributed by atoms with Gasteiger partial charge in [-0.05, 0) is 43.7 Å². The lowest BCUT2D eigenvalue weighted by Gasteiger charge is -2.23. The number of thiazole rings is 1. The molecular weight excluding hydrogens is 634 g/mol. The van der Waals surface area contributed by atoms with Gasteiger partial charge in [0.25, 0.3) is 25.2 Å². The van der Waals surface area contributed by atoms with Crippen molar-refractivity contribution in [3.05, 3.63) is 51.5 Å². The second-order valence-corrected chi connectivity index (χ2v) is 15.2. The summed E-state index contributed by atoms with van der Waals surface area (Å²) in [6.07, 6.45) is 2.23. The summed E-state index contributed by atoms with van der Waals surface area (Å²) in [5, 5.41) is 11.5. The second-order valence-electron chi connectivity index (χ2n) is 9.50. The Morgan fingerprint density at radius 1 is 1.10 bits per heavy atom. The van der Waals surface area contributed by atoms with E-state index in [1.54, 1.807) is 31.0 Å². The molecule has 1 unspecified atom stereocenters. The first-order valence-electron chi connectivity index (χ1n) is 12.4. The molecule has 0 bridgehead atoms. The Balaban J connectivity index is 1.78.